The number of hydrogen-bond donors (Lipinski definition) is 2. The van der Waals surface area contributed by atoms with E-state index in [9.17, 15) is 9.59 Å². The molecule has 0 saturated carbocycles. The van der Waals surface area contributed by atoms with Gasteiger partial charge in [0, 0.05) is 0 Å². The van der Waals surface area contributed by atoms with Crippen LogP contribution in [0.5, 0.6) is 0 Å². The van der Waals surface area contributed by atoms with Gasteiger partial charge in [0.25, 0.3) is 0 Å². The van der Waals surface area contributed by atoms with Gasteiger partial charge in [0.1, 0.15) is 12.6 Å². The number of carboxylic acids is 1. The van der Waals surface area contributed by atoms with Crippen molar-refractivity contribution in [2.45, 2.75) is 18.9 Å². The van der Waals surface area contributed by atoms with Crippen molar-refractivity contribution in [2.24, 2.45) is 5.92 Å². The molecular formula is C11H17NO4S. The molecule has 1 aliphatic heterocycles. The number of carboxylic acid groups (broad SMARTS) is 1. The quantitative estimate of drug-likeness (QED) is 0.707. The maximum atomic E-state index is 11.2. The molecule has 0 aromatic heterocycles. The van der Waals surface area contributed by atoms with Crippen LogP contribution in [0, 0.1) is 5.92 Å². The lowest BCUT2D eigenvalue weighted by molar-refractivity contribution is -0.139. The molecule has 6 heteroatoms. The Labute approximate surface area is 105 Å². The zero-order valence-corrected chi connectivity index (χ0v) is 10.4. The summed E-state index contributed by atoms with van der Waals surface area (Å²) < 4.78 is 4.70. The molecule has 1 fully saturated rings. The van der Waals surface area contributed by atoms with E-state index in [0.29, 0.717) is 12.3 Å². The molecular weight excluding hydrogens is 242 g/mol. The van der Waals surface area contributed by atoms with Crippen LogP contribution >= 0.6 is 11.8 Å². The van der Waals surface area contributed by atoms with Gasteiger partial charge in [-0.1, -0.05) is 12.7 Å². The third-order valence-electron chi connectivity index (χ3n) is 2.52. The molecule has 5 nitrogen and oxygen atoms in total. The van der Waals surface area contributed by atoms with E-state index in [1.54, 1.807) is 0 Å². The molecule has 17 heavy (non-hydrogen) atoms. The molecule has 1 aliphatic rings. The van der Waals surface area contributed by atoms with Crippen LogP contribution in [0.4, 0.5) is 4.79 Å². The SMILES string of the molecule is C=CCOC(=O)NC(CC1CCSC1)C(=O)O. The van der Waals surface area contributed by atoms with Gasteiger partial charge in [0.2, 0.25) is 0 Å². The van der Waals surface area contributed by atoms with Crippen molar-refractivity contribution in [3.63, 3.8) is 0 Å². The van der Waals surface area contributed by atoms with Crippen LogP contribution < -0.4 is 5.32 Å². The lowest BCUT2D eigenvalue weighted by Crippen LogP contribution is -2.42. The van der Waals surface area contributed by atoms with Crippen LogP contribution in [0.3, 0.4) is 0 Å². The zero-order chi connectivity index (χ0) is 12.7. The van der Waals surface area contributed by atoms with Crippen molar-refractivity contribution in [1.29, 1.82) is 0 Å². The van der Waals surface area contributed by atoms with Gasteiger partial charge in [0.05, 0.1) is 0 Å². The molecule has 0 bridgehead atoms. The van der Waals surface area contributed by atoms with Gasteiger partial charge in [-0.15, -0.1) is 0 Å². The van der Waals surface area contributed by atoms with Crippen LogP contribution in [0.25, 0.3) is 0 Å². The summed E-state index contributed by atoms with van der Waals surface area (Å²) in [6.45, 7) is 3.49. The molecule has 1 amide bonds. The Bertz CT molecular complexity index is 289. The van der Waals surface area contributed by atoms with Gasteiger partial charge in [-0.2, -0.15) is 11.8 Å². The Morgan fingerprint density at radius 2 is 2.41 bits per heavy atom. The number of hydrogen-bond acceptors (Lipinski definition) is 4. The number of carbonyl (C=O) groups excluding carboxylic acids is 1. The van der Waals surface area contributed by atoms with Gasteiger partial charge in [0.15, 0.2) is 0 Å². The van der Waals surface area contributed by atoms with Gasteiger partial charge in [-0.05, 0) is 30.3 Å². The third-order valence-corrected chi connectivity index (χ3v) is 3.75. The molecule has 1 rings (SSSR count). The van der Waals surface area contributed by atoms with Crippen molar-refractivity contribution in [1.82, 2.24) is 5.32 Å². The zero-order valence-electron chi connectivity index (χ0n) is 9.55. The minimum atomic E-state index is -1.02. The van der Waals surface area contributed by atoms with E-state index in [1.807, 2.05) is 11.8 Å². The first kappa shape index (κ1) is 13.9. The summed E-state index contributed by atoms with van der Waals surface area (Å²) in [5.74, 6) is 1.38. The van der Waals surface area contributed by atoms with Crippen molar-refractivity contribution in [3.8, 4) is 0 Å². The number of ether oxygens (including phenoxy) is 1. The number of carbonyl (C=O) groups is 2. The number of aliphatic carboxylic acids is 1. The fraction of sp³-hybridized carbons (Fsp3) is 0.636. The van der Waals surface area contributed by atoms with E-state index in [2.05, 4.69) is 11.9 Å². The second-order valence-electron chi connectivity index (χ2n) is 3.89. The van der Waals surface area contributed by atoms with Gasteiger partial charge < -0.3 is 15.2 Å². The molecule has 0 radical (unpaired) electrons. The van der Waals surface area contributed by atoms with Gasteiger partial charge in [-0.3, -0.25) is 0 Å². The summed E-state index contributed by atoms with van der Waals surface area (Å²) in [4.78, 5) is 22.2. The van der Waals surface area contributed by atoms with Crippen molar-refractivity contribution in [3.05, 3.63) is 12.7 Å². The number of rotatable bonds is 6. The highest BCUT2D eigenvalue weighted by Gasteiger charge is 2.26. The Hall–Kier alpha value is -1.17. The molecule has 0 aromatic rings. The minimum Gasteiger partial charge on any atom is -0.480 e. The van der Waals surface area contributed by atoms with E-state index >= 15 is 0 Å². The Kier molecular flexibility index (Phi) is 5.90. The van der Waals surface area contributed by atoms with Crippen LogP contribution in [-0.2, 0) is 9.53 Å². The Morgan fingerprint density at radius 3 is 2.94 bits per heavy atom. The fourth-order valence-corrected chi connectivity index (χ4v) is 2.95. The second-order valence-corrected chi connectivity index (χ2v) is 5.04. The molecule has 1 saturated heterocycles. The Morgan fingerprint density at radius 1 is 1.65 bits per heavy atom. The highest BCUT2D eigenvalue weighted by Crippen LogP contribution is 2.27. The first-order chi connectivity index (χ1) is 8.13. The average Bonchev–Trinajstić information content (AvgIpc) is 2.78. The molecule has 0 aromatic carbocycles. The van der Waals surface area contributed by atoms with Crippen LogP contribution in [-0.4, -0.2) is 41.3 Å². The van der Waals surface area contributed by atoms with Crippen LogP contribution in [0.1, 0.15) is 12.8 Å². The predicted molar refractivity (Wildman–Crippen MR) is 66.2 cm³/mol. The van der Waals surface area contributed by atoms with Crippen molar-refractivity contribution in [2.75, 3.05) is 18.1 Å². The number of amides is 1. The van der Waals surface area contributed by atoms with Gasteiger partial charge in [-0.25, -0.2) is 9.59 Å². The van der Waals surface area contributed by atoms with E-state index < -0.39 is 18.1 Å². The first-order valence-corrected chi connectivity index (χ1v) is 6.63. The summed E-state index contributed by atoms with van der Waals surface area (Å²) in [6, 6.07) is -0.865. The van der Waals surface area contributed by atoms with Crippen molar-refractivity contribution >= 4 is 23.8 Å². The standard InChI is InChI=1S/C11H17NO4S/c1-2-4-16-11(15)12-9(10(13)14)6-8-3-5-17-7-8/h2,8-9H,1,3-7H2,(H,12,15)(H,13,14). The lowest BCUT2D eigenvalue weighted by atomic mass is 9.99. The summed E-state index contributed by atoms with van der Waals surface area (Å²) >= 11 is 1.82. The topological polar surface area (TPSA) is 75.6 Å². The van der Waals surface area contributed by atoms with E-state index in [0.717, 1.165) is 17.9 Å². The maximum absolute atomic E-state index is 11.2. The van der Waals surface area contributed by atoms with E-state index in [-0.39, 0.29) is 6.61 Å². The summed E-state index contributed by atoms with van der Waals surface area (Å²) in [5.41, 5.74) is 0. The molecule has 2 unspecified atom stereocenters. The summed E-state index contributed by atoms with van der Waals surface area (Å²) in [5, 5.41) is 11.4. The molecule has 2 N–H and O–H groups in total. The Balaban J connectivity index is 2.39. The average molecular weight is 259 g/mol. The fourth-order valence-electron chi connectivity index (χ4n) is 1.64. The van der Waals surface area contributed by atoms with Crippen molar-refractivity contribution < 1.29 is 19.4 Å². The molecule has 0 spiro atoms. The minimum absolute atomic E-state index is 0.0808. The van der Waals surface area contributed by atoms with Gasteiger partial charge >= 0.3 is 12.1 Å². The lowest BCUT2D eigenvalue weighted by Gasteiger charge is -2.17. The predicted octanol–water partition coefficient (Wildman–Crippen LogP) is 1.50. The van der Waals surface area contributed by atoms with Crippen LogP contribution in [0.15, 0.2) is 12.7 Å². The smallest absolute Gasteiger partial charge is 0.408 e. The normalized spacial score (nSPS) is 20.6. The first-order valence-electron chi connectivity index (χ1n) is 5.48. The maximum Gasteiger partial charge on any atom is 0.408 e. The molecule has 1 heterocycles. The molecule has 0 aliphatic carbocycles. The molecule has 2 atom stereocenters. The summed E-state index contributed by atoms with van der Waals surface area (Å²) in [7, 11) is 0. The number of alkyl carbamates (subject to hydrolysis) is 1. The van der Waals surface area contributed by atoms with E-state index in [1.165, 1.54) is 6.08 Å². The van der Waals surface area contributed by atoms with E-state index in [4.69, 9.17) is 9.84 Å². The number of nitrogens with one attached hydrogen (secondary N) is 1. The summed E-state index contributed by atoms with van der Waals surface area (Å²) in [6.07, 6.45) is 2.20. The molecule has 96 valence electrons. The largest absolute Gasteiger partial charge is 0.480 e. The third kappa shape index (κ3) is 5.12. The number of thioether (sulfide) groups is 1. The van der Waals surface area contributed by atoms with Crippen LogP contribution in [0.2, 0.25) is 0 Å². The highest BCUT2D eigenvalue weighted by atomic mass is 32.2. The monoisotopic (exact) mass is 259 g/mol. The highest BCUT2D eigenvalue weighted by molar-refractivity contribution is 7.99. The second kappa shape index (κ2) is 7.21.